The fraction of sp³-hybridized carbons (Fsp3) is 0.500. The number of hydrogen-bond acceptors (Lipinski definition) is 2. The second-order valence-corrected chi connectivity index (χ2v) is 4.56. The second-order valence-electron chi connectivity index (χ2n) is 4.56. The third-order valence-corrected chi connectivity index (χ3v) is 2.84. The lowest BCUT2D eigenvalue weighted by Gasteiger charge is -2.25. The van der Waals surface area contributed by atoms with E-state index in [4.69, 9.17) is 5.11 Å². The summed E-state index contributed by atoms with van der Waals surface area (Å²) in [4.78, 5) is 12.8. The lowest BCUT2D eigenvalue weighted by molar-refractivity contribution is -0.137. The second kappa shape index (κ2) is 6.63. The number of nitrogens with zero attached hydrogens (tertiary/aromatic N) is 1. The third-order valence-electron chi connectivity index (χ3n) is 2.84. The molecule has 0 aromatic heterocycles. The first-order valence-electron chi connectivity index (χ1n) is 6.50. The van der Waals surface area contributed by atoms with Gasteiger partial charge < -0.3 is 10.0 Å². The summed E-state index contributed by atoms with van der Waals surface area (Å²) >= 11 is 0. The number of carboxylic acids is 1. The highest BCUT2D eigenvalue weighted by molar-refractivity contribution is 5.89. The molecule has 0 radical (unpaired) electrons. The van der Waals surface area contributed by atoms with Gasteiger partial charge in [0.15, 0.2) is 0 Å². The number of halogens is 3. The van der Waals surface area contributed by atoms with Gasteiger partial charge in [0.25, 0.3) is 0 Å². The monoisotopic (exact) mass is 289 g/mol. The Morgan fingerprint density at radius 3 is 2.10 bits per heavy atom. The molecule has 0 aliphatic heterocycles. The lowest BCUT2D eigenvalue weighted by atomic mass is 10.1. The Kier molecular flexibility index (Phi) is 5.42. The van der Waals surface area contributed by atoms with Crippen molar-refractivity contribution in [2.24, 2.45) is 0 Å². The molecule has 0 unspecified atom stereocenters. The molecule has 0 saturated carbocycles. The number of anilines is 1. The van der Waals surface area contributed by atoms with Crippen LogP contribution in [-0.4, -0.2) is 24.2 Å². The fourth-order valence-electron chi connectivity index (χ4n) is 1.99. The van der Waals surface area contributed by atoms with E-state index >= 15 is 0 Å². The van der Waals surface area contributed by atoms with Crippen LogP contribution in [0.4, 0.5) is 18.9 Å². The summed E-state index contributed by atoms with van der Waals surface area (Å²) in [5, 5.41) is 8.96. The number of alkyl halides is 3. The summed E-state index contributed by atoms with van der Waals surface area (Å²) in [5.74, 6) is -1.36. The van der Waals surface area contributed by atoms with Crippen LogP contribution in [-0.2, 0) is 6.18 Å². The molecule has 1 aromatic rings. The van der Waals surface area contributed by atoms with E-state index < -0.39 is 17.7 Å². The number of rotatable bonds is 6. The van der Waals surface area contributed by atoms with Crippen molar-refractivity contribution < 1.29 is 23.1 Å². The van der Waals surface area contributed by atoms with Crippen LogP contribution >= 0.6 is 0 Å². The Balaban J connectivity index is 3.29. The van der Waals surface area contributed by atoms with Crippen LogP contribution in [0.1, 0.15) is 42.6 Å². The molecular formula is C14H18F3NO2. The minimum atomic E-state index is -4.55. The summed E-state index contributed by atoms with van der Waals surface area (Å²) in [6, 6.07) is 2.97. The van der Waals surface area contributed by atoms with Crippen LogP contribution in [0.5, 0.6) is 0 Å². The van der Waals surface area contributed by atoms with Crippen molar-refractivity contribution in [2.45, 2.75) is 32.9 Å². The maximum absolute atomic E-state index is 12.8. The maximum atomic E-state index is 12.8. The van der Waals surface area contributed by atoms with E-state index in [1.807, 2.05) is 13.8 Å². The number of carboxylic acid groups (broad SMARTS) is 1. The smallest absolute Gasteiger partial charge is 0.416 e. The molecule has 0 atom stereocenters. The van der Waals surface area contributed by atoms with E-state index in [0.29, 0.717) is 24.8 Å². The molecule has 6 heteroatoms. The van der Waals surface area contributed by atoms with Gasteiger partial charge in [-0.1, -0.05) is 13.8 Å². The van der Waals surface area contributed by atoms with E-state index in [9.17, 15) is 18.0 Å². The van der Waals surface area contributed by atoms with Gasteiger partial charge in [0.05, 0.1) is 11.1 Å². The highest BCUT2D eigenvalue weighted by Crippen LogP contribution is 2.33. The van der Waals surface area contributed by atoms with E-state index in [0.717, 1.165) is 18.9 Å². The molecule has 0 aliphatic carbocycles. The molecule has 0 amide bonds. The van der Waals surface area contributed by atoms with Crippen molar-refractivity contribution in [1.82, 2.24) is 0 Å². The molecule has 1 N–H and O–H groups in total. The van der Waals surface area contributed by atoms with Gasteiger partial charge in [0, 0.05) is 18.8 Å². The zero-order valence-corrected chi connectivity index (χ0v) is 11.5. The van der Waals surface area contributed by atoms with Gasteiger partial charge in [0.1, 0.15) is 0 Å². The molecule has 3 nitrogen and oxygen atoms in total. The predicted molar refractivity (Wildman–Crippen MR) is 71.2 cm³/mol. The average molecular weight is 289 g/mol. The number of carbonyl (C=O) groups is 1. The summed E-state index contributed by atoms with van der Waals surface area (Å²) in [7, 11) is 0. The lowest BCUT2D eigenvalue weighted by Crippen LogP contribution is -2.25. The molecule has 112 valence electrons. The first kappa shape index (κ1) is 16.3. The molecule has 0 fully saturated rings. The SMILES string of the molecule is CCCN(CCC)c1cc(C(=O)O)cc(C(F)(F)F)c1. The highest BCUT2D eigenvalue weighted by atomic mass is 19.4. The van der Waals surface area contributed by atoms with Gasteiger partial charge >= 0.3 is 12.1 Å². The summed E-state index contributed by atoms with van der Waals surface area (Å²) in [5.41, 5.74) is -0.961. The van der Waals surface area contributed by atoms with Crippen LogP contribution < -0.4 is 4.90 Å². The van der Waals surface area contributed by atoms with Crippen molar-refractivity contribution in [3.05, 3.63) is 29.3 Å². The van der Waals surface area contributed by atoms with Gasteiger partial charge in [-0.05, 0) is 31.0 Å². The topological polar surface area (TPSA) is 40.5 Å². The predicted octanol–water partition coefficient (Wildman–Crippen LogP) is 4.03. The molecule has 1 aromatic carbocycles. The van der Waals surface area contributed by atoms with Gasteiger partial charge in [-0.15, -0.1) is 0 Å². The van der Waals surface area contributed by atoms with Crippen molar-refractivity contribution in [3.8, 4) is 0 Å². The molecule has 0 spiro atoms. The fourth-order valence-corrected chi connectivity index (χ4v) is 1.99. The van der Waals surface area contributed by atoms with E-state index in [1.165, 1.54) is 6.07 Å². The molecular weight excluding hydrogens is 271 g/mol. The van der Waals surface area contributed by atoms with Crippen molar-refractivity contribution in [2.75, 3.05) is 18.0 Å². The molecule has 0 saturated heterocycles. The minimum Gasteiger partial charge on any atom is -0.478 e. The summed E-state index contributed by atoms with van der Waals surface area (Å²) < 4.78 is 38.5. The number of benzene rings is 1. The van der Waals surface area contributed by atoms with Crippen LogP contribution in [0.3, 0.4) is 0 Å². The van der Waals surface area contributed by atoms with Crippen molar-refractivity contribution in [1.29, 1.82) is 0 Å². The van der Waals surface area contributed by atoms with E-state index in [2.05, 4.69) is 0 Å². The van der Waals surface area contributed by atoms with Gasteiger partial charge in [-0.3, -0.25) is 0 Å². The van der Waals surface area contributed by atoms with Crippen LogP contribution in [0, 0.1) is 0 Å². The maximum Gasteiger partial charge on any atom is 0.416 e. The Hall–Kier alpha value is -1.72. The van der Waals surface area contributed by atoms with Gasteiger partial charge in [0.2, 0.25) is 0 Å². The first-order valence-corrected chi connectivity index (χ1v) is 6.50. The molecule has 0 bridgehead atoms. The van der Waals surface area contributed by atoms with Crippen LogP contribution in [0.15, 0.2) is 18.2 Å². The minimum absolute atomic E-state index is 0.306. The Labute approximate surface area is 116 Å². The molecule has 1 rings (SSSR count). The first-order chi connectivity index (χ1) is 9.29. The van der Waals surface area contributed by atoms with E-state index in [1.54, 1.807) is 4.90 Å². The summed E-state index contributed by atoms with van der Waals surface area (Å²) in [6.45, 7) is 5.03. The Morgan fingerprint density at radius 2 is 1.70 bits per heavy atom. The molecule has 20 heavy (non-hydrogen) atoms. The average Bonchev–Trinajstić information content (AvgIpc) is 2.37. The zero-order valence-electron chi connectivity index (χ0n) is 11.5. The Morgan fingerprint density at radius 1 is 1.15 bits per heavy atom. The largest absolute Gasteiger partial charge is 0.478 e. The van der Waals surface area contributed by atoms with Crippen LogP contribution in [0.2, 0.25) is 0 Å². The number of hydrogen-bond donors (Lipinski definition) is 1. The number of aromatic carboxylic acids is 1. The normalized spacial score (nSPS) is 11.4. The van der Waals surface area contributed by atoms with Crippen molar-refractivity contribution in [3.63, 3.8) is 0 Å². The standard InChI is InChI=1S/C14H18F3NO2/c1-3-5-18(6-4-2)12-8-10(13(19)20)7-11(9-12)14(15,16)17/h7-9H,3-6H2,1-2H3,(H,19,20). The van der Waals surface area contributed by atoms with Crippen molar-refractivity contribution >= 4 is 11.7 Å². The quantitative estimate of drug-likeness (QED) is 0.859. The highest BCUT2D eigenvalue weighted by Gasteiger charge is 2.32. The molecule has 0 heterocycles. The van der Waals surface area contributed by atoms with Gasteiger partial charge in [-0.25, -0.2) is 4.79 Å². The third kappa shape index (κ3) is 4.15. The van der Waals surface area contributed by atoms with E-state index in [-0.39, 0.29) is 5.56 Å². The summed E-state index contributed by atoms with van der Waals surface area (Å²) in [6.07, 6.45) is -3.00. The zero-order chi connectivity index (χ0) is 15.3. The van der Waals surface area contributed by atoms with Gasteiger partial charge in [-0.2, -0.15) is 13.2 Å². The Bertz CT molecular complexity index is 466. The molecule has 0 aliphatic rings. The van der Waals surface area contributed by atoms with Crippen LogP contribution in [0.25, 0.3) is 0 Å².